The van der Waals surface area contributed by atoms with Gasteiger partial charge in [0.25, 0.3) is 11.8 Å². The smallest absolute Gasteiger partial charge is 0.305 e. The number of ketones is 4. The number of fused-ring (bicyclic) bond motifs is 15. The number of aliphatic carboxylic acids is 1. The average Bonchev–Trinajstić information content (AvgIpc) is 1.55. The van der Waals surface area contributed by atoms with Gasteiger partial charge in [-0.3, -0.25) is 101 Å². The number of Topliss-reactive ketones (excluding diaryl/α,β-unsaturated/α-hetero) is 4. The fourth-order valence-corrected chi connectivity index (χ4v) is 17.1. The first-order valence-electron chi connectivity index (χ1n) is 49.5. The number of carbonyl (C=O) groups is 19. The number of guanidine groups is 1. The molecule has 1 unspecified atom stereocenters. The minimum Gasteiger partial charge on any atom is -0.508 e. The van der Waals surface area contributed by atoms with Crippen LogP contribution in [0.3, 0.4) is 0 Å². The number of nitrogens with two attached hydrogens (primary N) is 4. The van der Waals surface area contributed by atoms with Crippen LogP contribution in [-0.2, 0) is 110 Å². The van der Waals surface area contributed by atoms with Gasteiger partial charge in [0.2, 0.25) is 70.9 Å². The molecule has 0 spiro atoms. The van der Waals surface area contributed by atoms with Crippen molar-refractivity contribution < 1.29 is 112 Å². The van der Waals surface area contributed by atoms with E-state index in [1.807, 2.05) is 0 Å². The topological polar surface area (TPSA) is 729 Å². The fraction of sp³-hybridized carbons (Fsp3) is 0.592. The van der Waals surface area contributed by atoms with E-state index in [9.17, 15) is 106 Å². The molecule has 802 valence electrons. The number of unbranched alkanes of at least 4 members (excludes halogenated alkanes) is 7. The molecule has 8 atom stereocenters. The number of imide groups is 1. The zero-order chi connectivity index (χ0) is 105. The Hall–Kier alpha value is -12.4. The summed E-state index contributed by atoms with van der Waals surface area (Å²) in [4.78, 5) is 249. The summed E-state index contributed by atoms with van der Waals surface area (Å²) in [7, 11) is 0. The third-order valence-corrected chi connectivity index (χ3v) is 25.3. The number of nitrogens with one attached hydrogen (secondary N) is 16. The number of amides is 14. The van der Waals surface area contributed by atoms with Gasteiger partial charge in [0.15, 0.2) is 23.3 Å². The number of carbonyl (C=O) groups excluding carboxylic acids is 18. The second kappa shape index (κ2) is 68.1. The van der Waals surface area contributed by atoms with Crippen molar-refractivity contribution in [3.05, 3.63) is 108 Å². The molecule has 4 saturated heterocycles. The Morgan fingerprint density at radius 1 is 0.428 bits per heavy atom. The molecular weight excluding hydrogens is 1920 g/mol. The van der Waals surface area contributed by atoms with Crippen LogP contribution in [0.1, 0.15) is 196 Å². The molecule has 5 aliphatic heterocycles. The molecular formula is C98H150N22O23S2. The van der Waals surface area contributed by atoms with Crippen molar-refractivity contribution in [2.75, 3.05) is 110 Å². The quantitative estimate of drug-likeness (QED) is 0.00881. The van der Waals surface area contributed by atoms with Gasteiger partial charge in [-0.25, -0.2) is 0 Å². The highest BCUT2D eigenvalue weighted by molar-refractivity contribution is 7.80. The molecule has 47 heteroatoms. The maximum absolute atomic E-state index is 13.9. The Morgan fingerprint density at radius 2 is 0.834 bits per heavy atom. The Morgan fingerprint density at radius 3 is 1.26 bits per heavy atom. The Labute approximate surface area is 855 Å². The van der Waals surface area contributed by atoms with Crippen LogP contribution in [-0.4, -0.2) is 307 Å². The summed E-state index contributed by atoms with van der Waals surface area (Å²) in [5.74, 6) is -10.2. The zero-order valence-corrected chi connectivity index (χ0v) is 84.2. The number of phenols is 2. The first kappa shape index (κ1) is 123. The van der Waals surface area contributed by atoms with E-state index in [-0.39, 0.29) is 223 Å². The van der Waals surface area contributed by atoms with Crippen molar-refractivity contribution in [2.24, 2.45) is 33.8 Å². The van der Waals surface area contributed by atoms with Crippen LogP contribution in [0, 0.1) is 5.92 Å². The monoisotopic (exact) mass is 2070 g/mol. The molecule has 0 radical (unpaired) electrons. The van der Waals surface area contributed by atoms with E-state index in [1.165, 1.54) is 24.3 Å². The highest BCUT2D eigenvalue weighted by Crippen LogP contribution is 2.23. The summed E-state index contributed by atoms with van der Waals surface area (Å²) in [5, 5.41) is 78.0. The van der Waals surface area contributed by atoms with Gasteiger partial charge >= 0.3 is 5.97 Å². The predicted octanol–water partition coefficient (Wildman–Crippen LogP) is -2.99. The summed E-state index contributed by atoms with van der Waals surface area (Å²) in [6.07, 6.45) is 8.46. The van der Waals surface area contributed by atoms with Crippen LogP contribution in [0.5, 0.6) is 11.5 Å². The lowest BCUT2D eigenvalue weighted by Gasteiger charge is -2.39. The third kappa shape index (κ3) is 49.9. The van der Waals surface area contributed by atoms with Gasteiger partial charge in [0.1, 0.15) is 41.4 Å². The second-order valence-electron chi connectivity index (χ2n) is 36.6. The number of aromatic hydroxyl groups is 2. The fourth-order valence-electron chi connectivity index (χ4n) is 16.6. The number of carboxylic acid groups (broad SMARTS) is 1. The minimum atomic E-state index is -1.56. The number of hydrogen-bond donors (Lipinski definition) is 25. The van der Waals surface area contributed by atoms with Crippen LogP contribution in [0.4, 0.5) is 0 Å². The zero-order valence-electron chi connectivity index (χ0n) is 82.4. The Kier molecular flexibility index (Phi) is 57.8. The number of benzene rings is 3. The standard InChI is InChI=1S/C62H100N14O12S2.C36H48N8O10.H2O/c63-59(87)49(35-89)73-53(81)13-7-3-1-5-11-51(79)47(33-43-19-23-45(77)24-20-43)71-55(83)15-9-17-57(85)75-61-37-65-27-30-68-40-62(41-69-31-28-66-38-61,42-70-32-29-67-39-61)76-58(86)18-10-16-56(84)72-48(34-44-21-25-46(78)26-22-44)52(80)12-6-2-4-8-14-54(82)74-50(36-90)60(64)88;37-36(38)40-17-6-9-23-20-28(46)24(10-4-5-16-39-29(47)15-18-44-31(49)13-14-32(44)50)42-34(53)25(19-22-7-2-1-3-8-22)43-35(54)26(21-33(51)52)41-30(48)12-11-27(23)45;/h19-26,47-50,65-70,77-78,89-90H,1-18,27-42H2,(H2,63,87)(H2,64,88)(H,71,83)(H,72,84)(H,73,81)(H,74,82)(H,75,85)(H,76,86);1-3,7-8,13-14,23-26H,4-6,9-12,15-21H2,(H,39,47)(H,41,48)(H,42,53)(H,43,54)(H,51,52)(H4,37,38,40);1H2/t47-,48-,49-,50+,61?,62?;23-,24?,25-,26-;/m01./s1. The molecule has 0 aromatic heterocycles. The molecule has 4 fully saturated rings. The molecule has 5 aliphatic rings. The average molecular weight is 2070 g/mol. The van der Waals surface area contributed by atoms with Gasteiger partial charge < -0.3 is 129 Å². The van der Waals surface area contributed by atoms with Crippen molar-refractivity contribution in [3.63, 3.8) is 0 Å². The van der Waals surface area contributed by atoms with Crippen LogP contribution >= 0.6 is 25.3 Å². The molecule has 8 rings (SSSR count). The summed E-state index contributed by atoms with van der Waals surface area (Å²) in [6.45, 7) is 5.98. The molecule has 145 heavy (non-hydrogen) atoms. The molecule has 3 aromatic rings. The molecule has 14 amide bonds. The van der Waals surface area contributed by atoms with Crippen LogP contribution in [0.15, 0.2) is 96.0 Å². The summed E-state index contributed by atoms with van der Waals surface area (Å²) < 4.78 is 0. The summed E-state index contributed by atoms with van der Waals surface area (Å²) >= 11 is 8.09. The highest BCUT2D eigenvalue weighted by Gasteiger charge is 2.38. The normalized spacial score (nSPS) is 19.7. The van der Waals surface area contributed by atoms with Crippen molar-refractivity contribution in [1.82, 2.24) is 90.0 Å². The lowest BCUT2D eigenvalue weighted by Crippen LogP contribution is -2.68. The third-order valence-electron chi connectivity index (χ3n) is 24.6. The lowest BCUT2D eigenvalue weighted by atomic mass is 9.87. The number of carboxylic acids is 1. The maximum atomic E-state index is 13.9. The highest BCUT2D eigenvalue weighted by atomic mass is 32.1. The van der Waals surface area contributed by atoms with Gasteiger partial charge in [0, 0.05) is 211 Å². The van der Waals surface area contributed by atoms with Crippen molar-refractivity contribution in [3.8, 4) is 11.5 Å². The van der Waals surface area contributed by atoms with Crippen LogP contribution < -0.4 is 108 Å². The molecule has 29 N–H and O–H groups in total. The molecule has 45 nitrogen and oxygen atoms in total. The molecule has 2 bridgehead atoms. The first-order valence-corrected chi connectivity index (χ1v) is 50.7. The predicted molar refractivity (Wildman–Crippen MR) is 546 cm³/mol. The van der Waals surface area contributed by atoms with E-state index >= 15 is 0 Å². The van der Waals surface area contributed by atoms with E-state index in [0.29, 0.717) is 155 Å². The SMILES string of the molecule is NC(=O)[C@H](CS)NC(=O)CCCCCCC(=O)[C@H](Cc1ccc(O)cc1)NC(=O)CCCC(=O)NC12CNCCNCC(NC(=O)CCCC(=O)N[C@@H](Cc3ccc(O)cc3)C(=O)CCCCCCC(=O)N[C@H](CS)C(N)=O)(CNCCNC1)CNCCNC2.NC(N)=NCCC[C@@H]1CC(=O)C(CCCCNC(=O)CCN2C(=O)C=CC2=O)NC(=O)[C@@H](Cc2ccccc2)NC(=O)[C@@H](CC(=O)O)NC(=O)CCC1=O.O. The Bertz CT molecular complexity index is 4550. The van der Waals surface area contributed by atoms with Gasteiger partial charge in [-0.2, -0.15) is 25.3 Å². The molecule has 0 aliphatic carbocycles. The van der Waals surface area contributed by atoms with Crippen LogP contribution in [0.25, 0.3) is 0 Å². The van der Waals surface area contributed by atoms with E-state index in [1.54, 1.807) is 54.6 Å². The largest absolute Gasteiger partial charge is 0.508 e. The first-order chi connectivity index (χ1) is 68.9. The van der Waals surface area contributed by atoms with Gasteiger partial charge in [-0.15, -0.1) is 0 Å². The van der Waals surface area contributed by atoms with Crippen molar-refractivity contribution >= 4 is 143 Å². The maximum Gasteiger partial charge on any atom is 0.305 e. The number of aliphatic imine (C=N–C) groups is 1. The number of rotatable bonds is 54. The van der Waals surface area contributed by atoms with Crippen molar-refractivity contribution in [1.29, 1.82) is 0 Å². The summed E-state index contributed by atoms with van der Waals surface area (Å²) in [6, 6.07) is 14.2. The summed E-state index contributed by atoms with van der Waals surface area (Å²) in [5.41, 5.74) is 22.0. The van der Waals surface area contributed by atoms with E-state index in [2.05, 4.69) is 115 Å². The molecule has 3 aromatic carbocycles. The second-order valence-corrected chi connectivity index (χ2v) is 37.4. The van der Waals surface area contributed by atoms with E-state index < -0.39 is 131 Å². The van der Waals surface area contributed by atoms with Crippen molar-refractivity contribution in [2.45, 2.75) is 252 Å². The number of thiol groups is 2. The lowest BCUT2D eigenvalue weighted by molar-refractivity contribution is -0.141. The minimum absolute atomic E-state index is 0. The number of phenolic OH excluding ortho intramolecular Hbond substituents is 2. The van der Waals surface area contributed by atoms with E-state index in [0.717, 1.165) is 28.2 Å². The molecule has 0 saturated carbocycles. The Balaban J connectivity index is 0.000000573. The van der Waals surface area contributed by atoms with Gasteiger partial charge in [-0.05, 0) is 124 Å². The van der Waals surface area contributed by atoms with Gasteiger partial charge in [0.05, 0.1) is 35.6 Å². The number of primary amides is 2. The molecule has 5 heterocycles. The van der Waals surface area contributed by atoms with Crippen LogP contribution in [0.2, 0.25) is 0 Å². The van der Waals surface area contributed by atoms with E-state index in [4.69, 9.17) is 22.9 Å². The number of hydrogen-bond acceptors (Lipinski definition) is 30. The van der Waals surface area contributed by atoms with Gasteiger partial charge in [-0.1, -0.05) is 80.3 Å². The number of nitrogens with zero attached hydrogens (tertiary/aromatic N) is 2.